The number of carbonyl (C=O) groups excluding carboxylic acids is 2. The predicted molar refractivity (Wildman–Crippen MR) is 127 cm³/mol. The molecule has 1 N–H and O–H groups in total. The van der Waals surface area contributed by atoms with Gasteiger partial charge in [0, 0.05) is 11.1 Å². The second-order valence-electron chi connectivity index (χ2n) is 7.71. The van der Waals surface area contributed by atoms with Crippen molar-refractivity contribution in [3.63, 3.8) is 0 Å². The van der Waals surface area contributed by atoms with E-state index in [2.05, 4.69) is 15.3 Å². The third kappa shape index (κ3) is 6.65. The first-order valence-electron chi connectivity index (χ1n) is 10.5. The van der Waals surface area contributed by atoms with Gasteiger partial charge in [-0.1, -0.05) is 86.3 Å². The molecule has 0 bridgehead atoms. The van der Waals surface area contributed by atoms with Crippen LogP contribution in [0.4, 0.5) is 0 Å². The molecule has 6 nitrogen and oxygen atoms in total. The summed E-state index contributed by atoms with van der Waals surface area (Å²) in [5.41, 5.74) is 3.52. The van der Waals surface area contributed by atoms with E-state index in [1.54, 1.807) is 0 Å². The molecule has 1 heterocycles. The molecule has 0 aliphatic rings. The lowest BCUT2D eigenvalue weighted by Crippen LogP contribution is -2.43. The quantitative estimate of drug-likeness (QED) is 0.292. The van der Waals surface area contributed by atoms with Crippen LogP contribution < -0.4 is 5.32 Å². The molecule has 0 saturated carbocycles. The van der Waals surface area contributed by atoms with Crippen LogP contribution in [0.3, 0.4) is 0 Å². The van der Waals surface area contributed by atoms with Crippen molar-refractivity contribution in [2.45, 2.75) is 31.5 Å². The molecule has 7 heteroatoms. The van der Waals surface area contributed by atoms with Gasteiger partial charge in [0.1, 0.15) is 6.04 Å². The van der Waals surface area contributed by atoms with E-state index in [4.69, 9.17) is 4.74 Å². The molecule has 1 aromatic heterocycles. The predicted octanol–water partition coefficient (Wildman–Crippen LogP) is 4.61. The van der Waals surface area contributed by atoms with Gasteiger partial charge in [-0.25, -0.2) is 14.8 Å². The summed E-state index contributed by atoms with van der Waals surface area (Å²) in [7, 11) is 1.32. The second-order valence-corrected chi connectivity index (χ2v) is 8.66. The van der Waals surface area contributed by atoms with Gasteiger partial charge in [0.2, 0.25) is 5.91 Å². The normalized spacial score (nSPS) is 11.8. The highest BCUT2D eigenvalue weighted by Crippen LogP contribution is 2.26. The first-order chi connectivity index (χ1) is 15.5. The first-order valence-corrected chi connectivity index (χ1v) is 11.4. The number of nitrogens with one attached hydrogen (secondary N) is 1. The van der Waals surface area contributed by atoms with Gasteiger partial charge >= 0.3 is 5.97 Å². The molecule has 3 rings (SSSR count). The Balaban J connectivity index is 1.79. The van der Waals surface area contributed by atoms with Crippen molar-refractivity contribution < 1.29 is 14.3 Å². The number of esters is 1. The number of hydrogen-bond acceptors (Lipinski definition) is 6. The largest absolute Gasteiger partial charge is 0.467 e. The summed E-state index contributed by atoms with van der Waals surface area (Å²) >= 11 is 1.24. The molecule has 0 fully saturated rings. The van der Waals surface area contributed by atoms with E-state index in [9.17, 15) is 9.59 Å². The van der Waals surface area contributed by atoms with E-state index >= 15 is 0 Å². The summed E-state index contributed by atoms with van der Waals surface area (Å²) in [4.78, 5) is 33.9. The Bertz CT molecular complexity index is 985. The smallest absolute Gasteiger partial charge is 0.328 e. The van der Waals surface area contributed by atoms with Gasteiger partial charge in [-0.15, -0.1) is 0 Å². The van der Waals surface area contributed by atoms with Crippen LogP contribution in [0.1, 0.15) is 20.3 Å². The van der Waals surface area contributed by atoms with Crippen molar-refractivity contribution in [1.82, 2.24) is 15.3 Å². The summed E-state index contributed by atoms with van der Waals surface area (Å²) < 4.78 is 4.82. The zero-order valence-electron chi connectivity index (χ0n) is 18.4. The summed E-state index contributed by atoms with van der Waals surface area (Å²) in [6.45, 7) is 3.98. The summed E-state index contributed by atoms with van der Waals surface area (Å²) in [6, 6.07) is 21.0. The van der Waals surface area contributed by atoms with Gasteiger partial charge in [0.25, 0.3) is 0 Å². The Morgan fingerprint density at radius 1 is 0.938 bits per heavy atom. The summed E-state index contributed by atoms with van der Waals surface area (Å²) in [5, 5.41) is 3.27. The number of carbonyl (C=O) groups is 2. The standard InChI is InChI=1S/C25H27N3O3S/c1-17(2)14-22(24(30)31-3)26-23(29)16-32-25-27-20(18-10-6-4-7-11-18)15-21(28-25)19-12-8-5-9-13-19/h4-13,15,17,22H,14,16H2,1-3H3,(H,26,29)/t22-/m1/s1. The van der Waals surface area contributed by atoms with E-state index in [-0.39, 0.29) is 17.6 Å². The van der Waals surface area contributed by atoms with E-state index in [1.807, 2.05) is 80.6 Å². The Kier molecular flexibility index (Phi) is 8.39. The lowest BCUT2D eigenvalue weighted by atomic mass is 10.0. The maximum Gasteiger partial charge on any atom is 0.328 e. The van der Waals surface area contributed by atoms with Crippen LogP contribution in [0.25, 0.3) is 22.5 Å². The number of methoxy groups -OCH3 is 1. The fourth-order valence-electron chi connectivity index (χ4n) is 3.20. The van der Waals surface area contributed by atoms with Crippen LogP contribution >= 0.6 is 11.8 Å². The van der Waals surface area contributed by atoms with E-state index in [0.717, 1.165) is 22.5 Å². The van der Waals surface area contributed by atoms with Crippen LogP contribution in [0.2, 0.25) is 0 Å². The second kappa shape index (κ2) is 11.4. The van der Waals surface area contributed by atoms with E-state index < -0.39 is 12.0 Å². The number of aromatic nitrogens is 2. The monoisotopic (exact) mass is 449 g/mol. The van der Waals surface area contributed by atoms with Crippen molar-refractivity contribution in [2.24, 2.45) is 5.92 Å². The molecule has 1 atom stereocenters. The highest BCUT2D eigenvalue weighted by Gasteiger charge is 2.22. The molecule has 0 unspecified atom stereocenters. The number of hydrogen-bond donors (Lipinski definition) is 1. The first kappa shape index (κ1) is 23.5. The third-order valence-electron chi connectivity index (χ3n) is 4.71. The molecule has 0 saturated heterocycles. The van der Waals surface area contributed by atoms with Crippen molar-refractivity contribution >= 4 is 23.6 Å². The van der Waals surface area contributed by atoms with Crippen molar-refractivity contribution in [1.29, 1.82) is 0 Å². The fraction of sp³-hybridized carbons (Fsp3) is 0.280. The van der Waals surface area contributed by atoms with Crippen molar-refractivity contribution in [3.8, 4) is 22.5 Å². The lowest BCUT2D eigenvalue weighted by molar-refractivity contribution is -0.145. The van der Waals surface area contributed by atoms with Gasteiger partial charge in [-0.2, -0.15) is 0 Å². The number of thioether (sulfide) groups is 1. The maximum absolute atomic E-state index is 12.5. The van der Waals surface area contributed by atoms with Gasteiger partial charge in [0.15, 0.2) is 5.16 Å². The number of benzene rings is 2. The summed E-state index contributed by atoms with van der Waals surface area (Å²) in [5.74, 6) is -0.365. The average Bonchev–Trinajstić information content (AvgIpc) is 2.82. The number of ether oxygens (including phenoxy) is 1. The van der Waals surface area contributed by atoms with Gasteiger partial charge in [-0.3, -0.25) is 4.79 Å². The molecule has 0 aliphatic heterocycles. The highest BCUT2D eigenvalue weighted by atomic mass is 32.2. The molecule has 3 aromatic rings. The molecule has 166 valence electrons. The fourth-order valence-corrected chi connectivity index (χ4v) is 3.87. The van der Waals surface area contributed by atoms with Crippen LogP contribution in [-0.4, -0.2) is 40.7 Å². The van der Waals surface area contributed by atoms with Gasteiger partial charge in [-0.05, 0) is 18.4 Å². The number of nitrogens with zero attached hydrogens (tertiary/aromatic N) is 2. The minimum absolute atomic E-state index is 0.0953. The molecule has 0 radical (unpaired) electrons. The SMILES string of the molecule is COC(=O)[C@@H](CC(C)C)NC(=O)CSc1nc(-c2ccccc2)cc(-c2ccccc2)n1. The molecule has 2 aromatic carbocycles. The highest BCUT2D eigenvalue weighted by molar-refractivity contribution is 7.99. The Morgan fingerprint density at radius 2 is 1.47 bits per heavy atom. The third-order valence-corrected chi connectivity index (χ3v) is 5.55. The molecule has 0 aliphatic carbocycles. The Morgan fingerprint density at radius 3 is 1.94 bits per heavy atom. The van der Waals surface area contributed by atoms with Crippen molar-refractivity contribution in [3.05, 3.63) is 66.7 Å². The van der Waals surface area contributed by atoms with E-state index in [1.165, 1.54) is 18.9 Å². The van der Waals surface area contributed by atoms with Crippen LogP contribution in [0.5, 0.6) is 0 Å². The Labute approximate surface area is 192 Å². The minimum Gasteiger partial charge on any atom is -0.467 e. The maximum atomic E-state index is 12.5. The van der Waals surface area contributed by atoms with Crippen molar-refractivity contribution in [2.75, 3.05) is 12.9 Å². The van der Waals surface area contributed by atoms with Gasteiger partial charge in [0.05, 0.1) is 24.3 Å². The van der Waals surface area contributed by atoms with Crippen LogP contribution in [-0.2, 0) is 14.3 Å². The summed E-state index contributed by atoms with van der Waals surface area (Å²) in [6.07, 6.45) is 0.515. The number of rotatable bonds is 9. The molecule has 1 amide bonds. The Hall–Kier alpha value is -3.19. The molecule has 32 heavy (non-hydrogen) atoms. The zero-order valence-corrected chi connectivity index (χ0v) is 19.3. The average molecular weight is 450 g/mol. The molecule has 0 spiro atoms. The van der Waals surface area contributed by atoms with Gasteiger partial charge < -0.3 is 10.1 Å². The lowest BCUT2D eigenvalue weighted by Gasteiger charge is -2.18. The van der Waals surface area contributed by atoms with Crippen LogP contribution in [0, 0.1) is 5.92 Å². The van der Waals surface area contributed by atoms with E-state index in [0.29, 0.717) is 11.6 Å². The molecular formula is C25H27N3O3S. The topological polar surface area (TPSA) is 81.2 Å². The minimum atomic E-state index is -0.662. The zero-order chi connectivity index (χ0) is 22.9. The number of amides is 1. The molecular weight excluding hydrogens is 422 g/mol. The van der Waals surface area contributed by atoms with Crippen LogP contribution in [0.15, 0.2) is 71.9 Å².